The molecule has 0 saturated carbocycles. The van der Waals surface area contributed by atoms with Crippen LogP contribution in [0.4, 0.5) is 0 Å². The first kappa shape index (κ1) is 14.9. The second-order valence-corrected chi connectivity index (χ2v) is 8.00. The lowest BCUT2D eigenvalue weighted by Crippen LogP contribution is -2.39. The fourth-order valence-electron chi connectivity index (χ4n) is 2.69. The molecule has 2 atom stereocenters. The molecule has 110 valence electrons. The molecule has 2 aromatic carbocycles. The Hall–Kier alpha value is -0.970. The van der Waals surface area contributed by atoms with E-state index in [9.17, 15) is 4.21 Å². The van der Waals surface area contributed by atoms with E-state index in [0.29, 0.717) is 0 Å². The number of benzene rings is 2. The summed E-state index contributed by atoms with van der Waals surface area (Å²) >= 11 is 3.46. The standard InChI is InChI=1S/C17H18BrNOS/c18-16-8-6-14(7-9-16)12-19-10-11-21(20)17(13-19)15-4-2-1-3-5-15/h1-9,17H,10-13H2. The van der Waals surface area contributed by atoms with Crippen molar-refractivity contribution in [1.29, 1.82) is 0 Å². The lowest BCUT2D eigenvalue weighted by Gasteiger charge is -2.32. The molecule has 2 nitrogen and oxygen atoms in total. The van der Waals surface area contributed by atoms with Crippen molar-refractivity contribution in [3.63, 3.8) is 0 Å². The van der Waals surface area contributed by atoms with E-state index in [1.54, 1.807) is 0 Å². The zero-order chi connectivity index (χ0) is 14.7. The largest absolute Gasteiger partial charge is 0.297 e. The number of nitrogens with zero attached hydrogens (tertiary/aromatic N) is 1. The summed E-state index contributed by atoms with van der Waals surface area (Å²) in [5.74, 6) is 0.760. The molecule has 0 radical (unpaired) electrons. The molecule has 1 fully saturated rings. The van der Waals surface area contributed by atoms with Crippen molar-refractivity contribution in [1.82, 2.24) is 4.90 Å². The van der Waals surface area contributed by atoms with Crippen LogP contribution in [0, 0.1) is 0 Å². The summed E-state index contributed by atoms with van der Waals surface area (Å²) in [5.41, 5.74) is 2.49. The average Bonchev–Trinajstić information content (AvgIpc) is 2.52. The van der Waals surface area contributed by atoms with E-state index in [1.807, 2.05) is 18.2 Å². The van der Waals surface area contributed by atoms with Crippen molar-refractivity contribution in [3.05, 3.63) is 70.2 Å². The lowest BCUT2D eigenvalue weighted by molar-refractivity contribution is 0.271. The van der Waals surface area contributed by atoms with Crippen molar-refractivity contribution in [3.8, 4) is 0 Å². The van der Waals surface area contributed by atoms with Gasteiger partial charge in [-0.1, -0.05) is 58.4 Å². The Balaban J connectivity index is 1.71. The van der Waals surface area contributed by atoms with Crippen LogP contribution in [-0.2, 0) is 17.3 Å². The summed E-state index contributed by atoms with van der Waals surface area (Å²) in [6.45, 7) is 2.70. The Morgan fingerprint density at radius 2 is 1.81 bits per heavy atom. The summed E-state index contributed by atoms with van der Waals surface area (Å²) < 4.78 is 13.4. The van der Waals surface area contributed by atoms with Crippen molar-refractivity contribution in [2.75, 3.05) is 18.8 Å². The molecule has 3 rings (SSSR count). The second kappa shape index (κ2) is 6.86. The summed E-state index contributed by atoms with van der Waals surface area (Å²) in [5, 5.41) is 0.135. The predicted octanol–water partition coefficient (Wildman–Crippen LogP) is 3.75. The Morgan fingerprint density at radius 1 is 1.10 bits per heavy atom. The SMILES string of the molecule is O=S1CCN(Cc2ccc(Br)cc2)CC1c1ccccc1. The van der Waals surface area contributed by atoms with Gasteiger partial charge >= 0.3 is 0 Å². The first-order valence-corrected chi connectivity index (χ1v) is 9.29. The fourth-order valence-corrected chi connectivity index (χ4v) is 4.51. The van der Waals surface area contributed by atoms with Gasteiger partial charge in [-0.05, 0) is 23.3 Å². The third-order valence-electron chi connectivity index (χ3n) is 3.84. The topological polar surface area (TPSA) is 20.3 Å². The third-order valence-corrected chi connectivity index (χ3v) is 6.01. The minimum Gasteiger partial charge on any atom is -0.297 e. The first-order chi connectivity index (χ1) is 10.2. The Kier molecular flexibility index (Phi) is 4.88. The van der Waals surface area contributed by atoms with Gasteiger partial charge in [0, 0.05) is 40.7 Å². The maximum Gasteiger partial charge on any atom is 0.0724 e. The van der Waals surface area contributed by atoms with E-state index in [4.69, 9.17) is 0 Å². The van der Waals surface area contributed by atoms with Crippen LogP contribution in [0.15, 0.2) is 59.1 Å². The molecule has 0 aromatic heterocycles. The number of hydrogen-bond donors (Lipinski definition) is 0. The molecular weight excluding hydrogens is 346 g/mol. The quantitative estimate of drug-likeness (QED) is 0.827. The highest BCUT2D eigenvalue weighted by atomic mass is 79.9. The fraction of sp³-hybridized carbons (Fsp3) is 0.294. The highest BCUT2D eigenvalue weighted by Crippen LogP contribution is 2.26. The van der Waals surface area contributed by atoms with Crippen molar-refractivity contribution < 1.29 is 4.21 Å². The van der Waals surface area contributed by atoms with Crippen molar-refractivity contribution >= 4 is 26.7 Å². The molecule has 4 heteroatoms. The van der Waals surface area contributed by atoms with E-state index in [1.165, 1.54) is 11.1 Å². The van der Waals surface area contributed by atoms with Crippen LogP contribution in [-0.4, -0.2) is 28.0 Å². The van der Waals surface area contributed by atoms with Crippen LogP contribution >= 0.6 is 15.9 Å². The molecule has 0 N–H and O–H groups in total. The zero-order valence-corrected chi connectivity index (χ0v) is 14.1. The Bertz CT molecular complexity index is 614. The number of halogens is 1. The maximum absolute atomic E-state index is 12.3. The molecule has 1 aliphatic rings. The van der Waals surface area contributed by atoms with Crippen LogP contribution < -0.4 is 0 Å². The van der Waals surface area contributed by atoms with Gasteiger partial charge in [-0.25, -0.2) is 0 Å². The van der Waals surface area contributed by atoms with E-state index >= 15 is 0 Å². The highest BCUT2D eigenvalue weighted by molar-refractivity contribution is 9.10. The lowest BCUT2D eigenvalue weighted by atomic mass is 10.1. The Morgan fingerprint density at radius 3 is 2.52 bits per heavy atom. The molecule has 0 amide bonds. The highest BCUT2D eigenvalue weighted by Gasteiger charge is 2.27. The van der Waals surface area contributed by atoms with Gasteiger partial charge in [-0.15, -0.1) is 0 Å². The van der Waals surface area contributed by atoms with Gasteiger partial charge in [0.05, 0.1) is 5.25 Å². The molecular formula is C17H18BrNOS. The van der Waals surface area contributed by atoms with Crippen LogP contribution in [0.5, 0.6) is 0 Å². The molecule has 1 aliphatic heterocycles. The molecule has 2 unspecified atom stereocenters. The maximum atomic E-state index is 12.3. The van der Waals surface area contributed by atoms with Crippen LogP contribution in [0.1, 0.15) is 16.4 Å². The zero-order valence-electron chi connectivity index (χ0n) is 11.7. The minimum atomic E-state index is -0.760. The van der Waals surface area contributed by atoms with Gasteiger partial charge in [0.2, 0.25) is 0 Å². The van der Waals surface area contributed by atoms with Gasteiger partial charge in [0.15, 0.2) is 0 Å². The third kappa shape index (κ3) is 3.82. The molecule has 2 aromatic rings. The summed E-state index contributed by atoms with van der Waals surface area (Å²) in [6, 6.07) is 18.7. The minimum absolute atomic E-state index is 0.135. The van der Waals surface area contributed by atoms with E-state index in [2.05, 4.69) is 57.2 Å². The molecule has 0 bridgehead atoms. The molecule has 0 aliphatic carbocycles. The van der Waals surface area contributed by atoms with Crippen LogP contribution in [0.2, 0.25) is 0 Å². The molecule has 21 heavy (non-hydrogen) atoms. The summed E-state index contributed by atoms with van der Waals surface area (Å²) in [7, 11) is -0.760. The van der Waals surface area contributed by atoms with Gasteiger partial charge in [0.25, 0.3) is 0 Å². The van der Waals surface area contributed by atoms with Crippen LogP contribution in [0.3, 0.4) is 0 Å². The number of rotatable bonds is 3. The monoisotopic (exact) mass is 363 g/mol. The summed E-state index contributed by atoms with van der Waals surface area (Å²) in [4.78, 5) is 2.41. The molecule has 1 heterocycles. The van der Waals surface area contributed by atoms with Crippen molar-refractivity contribution in [2.45, 2.75) is 11.8 Å². The number of hydrogen-bond acceptors (Lipinski definition) is 2. The van der Waals surface area contributed by atoms with E-state index in [-0.39, 0.29) is 5.25 Å². The summed E-state index contributed by atoms with van der Waals surface area (Å²) in [6.07, 6.45) is 0. The average molecular weight is 364 g/mol. The van der Waals surface area contributed by atoms with Crippen molar-refractivity contribution in [2.24, 2.45) is 0 Å². The van der Waals surface area contributed by atoms with Gasteiger partial charge in [-0.3, -0.25) is 9.11 Å². The predicted molar refractivity (Wildman–Crippen MR) is 91.6 cm³/mol. The van der Waals surface area contributed by atoms with Gasteiger partial charge in [-0.2, -0.15) is 0 Å². The normalized spacial score (nSPS) is 23.1. The second-order valence-electron chi connectivity index (χ2n) is 5.35. The van der Waals surface area contributed by atoms with E-state index in [0.717, 1.165) is 29.9 Å². The van der Waals surface area contributed by atoms with Crippen LogP contribution in [0.25, 0.3) is 0 Å². The Labute approximate surface area is 136 Å². The van der Waals surface area contributed by atoms with Gasteiger partial charge < -0.3 is 0 Å². The molecule has 1 saturated heterocycles. The molecule has 0 spiro atoms. The first-order valence-electron chi connectivity index (χ1n) is 7.11. The smallest absolute Gasteiger partial charge is 0.0724 e. The van der Waals surface area contributed by atoms with E-state index < -0.39 is 10.8 Å². The van der Waals surface area contributed by atoms with Gasteiger partial charge in [0.1, 0.15) is 0 Å².